The van der Waals surface area contributed by atoms with Gasteiger partial charge in [0.25, 0.3) is 0 Å². The largest absolute Gasteiger partial charge is 0.271 e. The summed E-state index contributed by atoms with van der Waals surface area (Å²) in [4.78, 5) is 8.22. The molecule has 3 N–H and O–H groups in total. The van der Waals surface area contributed by atoms with E-state index in [1.807, 2.05) is 6.92 Å². The molecule has 13 heavy (non-hydrogen) atoms. The Balaban J connectivity index is 2.73. The van der Waals surface area contributed by atoms with Gasteiger partial charge in [-0.05, 0) is 19.4 Å². The third kappa shape index (κ3) is 2.93. The zero-order valence-corrected chi connectivity index (χ0v) is 7.70. The molecule has 4 heteroatoms. The molecule has 0 aliphatic heterocycles. The van der Waals surface area contributed by atoms with Crippen LogP contribution in [0.1, 0.15) is 25.2 Å². The number of aromatic nitrogens is 2. The summed E-state index contributed by atoms with van der Waals surface area (Å²) in [5.74, 6) is 6.08. The second-order valence-corrected chi connectivity index (χ2v) is 2.99. The van der Waals surface area contributed by atoms with Crippen LogP contribution in [0.4, 0.5) is 0 Å². The predicted octanol–water partition coefficient (Wildman–Crippen LogP) is 0.947. The van der Waals surface area contributed by atoms with Gasteiger partial charge in [-0.25, -0.2) is 15.4 Å². The van der Waals surface area contributed by atoms with Crippen LogP contribution in [0.2, 0.25) is 0 Å². The molecule has 0 saturated heterocycles. The fourth-order valence-corrected chi connectivity index (χ4v) is 1.06. The first-order valence-corrected chi connectivity index (χ1v) is 4.11. The molecule has 1 aromatic rings. The summed E-state index contributed by atoms with van der Waals surface area (Å²) in [5, 5.41) is 0. The van der Waals surface area contributed by atoms with Crippen LogP contribution in [0.3, 0.4) is 0 Å². The zero-order valence-electron chi connectivity index (χ0n) is 7.70. The van der Waals surface area contributed by atoms with Crippen molar-refractivity contribution in [2.45, 2.75) is 19.4 Å². The number of hydrazine groups is 1. The second-order valence-electron chi connectivity index (χ2n) is 2.99. The number of nitrogens with two attached hydrogens (primary N) is 1. The minimum Gasteiger partial charge on any atom is -0.271 e. The van der Waals surface area contributed by atoms with Gasteiger partial charge in [-0.3, -0.25) is 5.84 Å². The third-order valence-electron chi connectivity index (χ3n) is 1.65. The second kappa shape index (κ2) is 4.69. The maximum Gasteiger partial charge on any atom is 0.146 e. The Kier molecular flexibility index (Phi) is 3.54. The minimum absolute atomic E-state index is 0.0429. The number of nitrogens with zero attached hydrogens (tertiary/aromatic N) is 2. The molecule has 1 aromatic heterocycles. The summed E-state index contributed by atoms with van der Waals surface area (Å²) in [5.41, 5.74) is 3.72. The van der Waals surface area contributed by atoms with E-state index in [4.69, 9.17) is 5.84 Å². The lowest BCUT2D eigenvalue weighted by Crippen LogP contribution is -2.29. The van der Waals surface area contributed by atoms with E-state index in [1.54, 1.807) is 18.5 Å². The van der Waals surface area contributed by atoms with Gasteiger partial charge >= 0.3 is 0 Å². The zero-order chi connectivity index (χ0) is 9.68. The molecule has 1 rings (SSSR count). The molecular formula is C9H14N4. The van der Waals surface area contributed by atoms with E-state index in [0.717, 1.165) is 12.0 Å². The highest BCUT2D eigenvalue weighted by Gasteiger charge is 2.11. The Morgan fingerprint density at radius 3 is 2.69 bits per heavy atom. The van der Waals surface area contributed by atoms with Gasteiger partial charge in [0, 0.05) is 12.4 Å². The Labute approximate surface area is 77.9 Å². The lowest BCUT2D eigenvalue weighted by Gasteiger charge is -2.13. The van der Waals surface area contributed by atoms with Crippen LogP contribution < -0.4 is 11.3 Å². The van der Waals surface area contributed by atoms with E-state index in [0.29, 0.717) is 5.82 Å². The minimum atomic E-state index is -0.0429. The van der Waals surface area contributed by atoms with Crippen LogP contribution in [0.5, 0.6) is 0 Å². The van der Waals surface area contributed by atoms with E-state index in [-0.39, 0.29) is 6.04 Å². The normalized spacial score (nSPS) is 12.5. The molecule has 1 atom stereocenters. The molecule has 0 bridgehead atoms. The van der Waals surface area contributed by atoms with E-state index >= 15 is 0 Å². The van der Waals surface area contributed by atoms with Crippen molar-refractivity contribution in [2.75, 3.05) is 0 Å². The number of nitrogens with one attached hydrogen (secondary N) is 1. The van der Waals surface area contributed by atoms with Gasteiger partial charge in [-0.1, -0.05) is 5.57 Å². The standard InChI is InChI=1S/C9H14N4/c1-7(2)6-8(13-10)9-11-4-3-5-12-9/h3-5,8,13H,1,6,10H2,2H3. The van der Waals surface area contributed by atoms with E-state index in [1.165, 1.54) is 0 Å². The fraction of sp³-hybridized carbons (Fsp3) is 0.333. The van der Waals surface area contributed by atoms with Crippen molar-refractivity contribution in [1.29, 1.82) is 0 Å². The van der Waals surface area contributed by atoms with E-state index < -0.39 is 0 Å². The average molecular weight is 178 g/mol. The SMILES string of the molecule is C=C(C)CC(NN)c1ncccn1. The highest BCUT2D eigenvalue weighted by atomic mass is 15.2. The van der Waals surface area contributed by atoms with Crippen molar-refractivity contribution in [3.05, 3.63) is 36.4 Å². The third-order valence-corrected chi connectivity index (χ3v) is 1.65. The van der Waals surface area contributed by atoms with Gasteiger partial charge in [0.2, 0.25) is 0 Å². The molecule has 0 aromatic carbocycles. The molecule has 0 aliphatic rings. The summed E-state index contributed by atoms with van der Waals surface area (Å²) in [6.07, 6.45) is 4.15. The van der Waals surface area contributed by atoms with E-state index in [2.05, 4.69) is 22.0 Å². The molecule has 0 amide bonds. The molecule has 0 spiro atoms. The predicted molar refractivity (Wildman–Crippen MR) is 51.5 cm³/mol. The first kappa shape index (κ1) is 9.83. The summed E-state index contributed by atoms with van der Waals surface area (Å²) in [7, 11) is 0. The van der Waals surface area contributed by atoms with Crippen molar-refractivity contribution in [2.24, 2.45) is 5.84 Å². The smallest absolute Gasteiger partial charge is 0.146 e. The molecule has 4 nitrogen and oxygen atoms in total. The topological polar surface area (TPSA) is 63.8 Å². The van der Waals surface area contributed by atoms with Gasteiger partial charge in [0.05, 0.1) is 6.04 Å². The van der Waals surface area contributed by atoms with Crippen LogP contribution in [-0.4, -0.2) is 9.97 Å². The summed E-state index contributed by atoms with van der Waals surface area (Å²) in [6, 6.07) is 1.73. The van der Waals surface area contributed by atoms with Crippen molar-refractivity contribution in [1.82, 2.24) is 15.4 Å². The van der Waals surface area contributed by atoms with Gasteiger partial charge in [0.15, 0.2) is 0 Å². The summed E-state index contributed by atoms with van der Waals surface area (Å²) in [6.45, 7) is 5.77. The quantitative estimate of drug-likeness (QED) is 0.409. The number of hydrogen-bond donors (Lipinski definition) is 2. The average Bonchev–Trinajstić information content (AvgIpc) is 2.15. The monoisotopic (exact) mass is 178 g/mol. The molecule has 1 heterocycles. The molecule has 70 valence electrons. The Hall–Kier alpha value is -1.26. The van der Waals surface area contributed by atoms with Crippen molar-refractivity contribution >= 4 is 0 Å². The first-order chi connectivity index (χ1) is 6.24. The first-order valence-electron chi connectivity index (χ1n) is 4.11. The molecular weight excluding hydrogens is 164 g/mol. The number of rotatable bonds is 4. The van der Waals surface area contributed by atoms with Gasteiger partial charge < -0.3 is 0 Å². The van der Waals surface area contributed by atoms with Crippen LogP contribution in [0, 0.1) is 0 Å². The van der Waals surface area contributed by atoms with Crippen molar-refractivity contribution in [3.63, 3.8) is 0 Å². The maximum atomic E-state index is 5.38. The number of hydrogen-bond acceptors (Lipinski definition) is 4. The lowest BCUT2D eigenvalue weighted by molar-refractivity contribution is 0.521. The Morgan fingerprint density at radius 2 is 2.23 bits per heavy atom. The van der Waals surface area contributed by atoms with Crippen molar-refractivity contribution in [3.8, 4) is 0 Å². The lowest BCUT2D eigenvalue weighted by atomic mass is 10.1. The highest BCUT2D eigenvalue weighted by molar-refractivity contribution is 5.02. The fourth-order valence-electron chi connectivity index (χ4n) is 1.06. The van der Waals surface area contributed by atoms with Crippen molar-refractivity contribution < 1.29 is 0 Å². The molecule has 0 aliphatic carbocycles. The Bertz CT molecular complexity index is 270. The van der Waals surface area contributed by atoms with Crippen LogP contribution >= 0.6 is 0 Å². The molecule has 0 radical (unpaired) electrons. The van der Waals surface area contributed by atoms with E-state index in [9.17, 15) is 0 Å². The van der Waals surface area contributed by atoms with Crippen LogP contribution in [0.15, 0.2) is 30.6 Å². The maximum absolute atomic E-state index is 5.38. The van der Waals surface area contributed by atoms with Crippen LogP contribution in [-0.2, 0) is 0 Å². The van der Waals surface area contributed by atoms with Gasteiger partial charge in [-0.2, -0.15) is 0 Å². The van der Waals surface area contributed by atoms with Crippen LogP contribution in [0.25, 0.3) is 0 Å². The van der Waals surface area contributed by atoms with Gasteiger partial charge in [-0.15, -0.1) is 6.58 Å². The summed E-state index contributed by atoms with van der Waals surface area (Å²) >= 11 is 0. The van der Waals surface area contributed by atoms with Gasteiger partial charge in [0.1, 0.15) is 5.82 Å². The summed E-state index contributed by atoms with van der Waals surface area (Å²) < 4.78 is 0. The molecule has 0 fully saturated rings. The molecule has 1 unspecified atom stereocenters. The molecule has 0 saturated carbocycles. The highest BCUT2D eigenvalue weighted by Crippen LogP contribution is 2.14. The Morgan fingerprint density at radius 1 is 1.62 bits per heavy atom.